The average Bonchev–Trinajstić information content (AvgIpc) is 3.24. The third-order valence-electron chi connectivity index (χ3n) is 4.94. The van der Waals surface area contributed by atoms with Gasteiger partial charge in [0.05, 0.1) is 33.3 Å². The second-order valence-corrected chi connectivity index (χ2v) is 9.68. The van der Waals surface area contributed by atoms with E-state index in [-0.39, 0.29) is 17.1 Å². The molecule has 1 N–H and O–H groups in total. The fourth-order valence-corrected chi connectivity index (χ4v) is 5.23. The molecule has 0 aliphatic heterocycles. The van der Waals surface area contributed by atoms with Crippen LogP contribution in [0.25, 0.3) is 21.5 Å². The van der Waals surface area contributed by atoms with Crippen molar-refractivity contribution in [1.29, 1.82) is 0 Å². The first-order valence-corrected chi connectivity index (χ1v) is 12.6. The van der Waals surface area contributed by atoms with E-state index >= 15 is 0 Å². The number of carbonyl (C=O) groups is 2. The van der Waals surface area contributed by atoms with Gasteiger partial charge < -0.3 is 10.1 Å². The van der Waals surface area contributed by atoms with Crippen LogP contribution in [0.1, 0.15) is 36.5 Å². The SMILES string of the molecule is CCOC(=O)c1ccc2nc(NC(=O)C(CC)Sc3cc(-c4ccccc4)nc(C)n3)sc2c1. The second kappa shape index (κ2) is 10.8. The zero-order chi connectivity index (χ0) is 24.1. The van der Waals surface area contributed by atoms with Crippen LogP contribution in [0.5, 0.6) is 0 Å². The molecular formula is C25H24N4O3S2. The highest BCUT2D eigenvalue weighted by atomic mass is 32.2. The van der Waals surface area contributed by atoms with Crippen molar-refractivity contribution in [2.24, 2.45) is 0 Å². The van der Waals surface area contributed by atoms with Crippen LogP contribution in [0.4, 0.5) is 5.13 Å². The van der Waals surface area contributed by atoms with Crippen molar-refractivity contribution in [2.45, 2.75) is 37.5 Å². The van der Waals surface area contributed by atoms with Gasteiger partial charge in [-0.2, -0.15) is 0 Å². The predicted molar refractivity (Wildman–Crippen MR) is 136 cm³/mol. The van der Waals surface area contributed by atoms with Gasteiger partial charge in [-0.25, -0.2) is 19.7 Å². The molecule has 34 heavy (non-hydrogen) atoms. The number of hydrogen-bond acceptors (Lipinski definition) is 8. The number of benzene rings is 2. The number of aryl methyl sites for hydroxylation is 1. The summed E-state index contributed by atoms with van der Waals surface area (Å²) in [5.41, 5.74) is 3.01. The van der Waals surface area contributed by atoms with Crippen LogP contribution >= 0.6 is 23.1 Å². The monoisotopic (exact) mass is 492 g/mol. The quantitative estimate of drug-likeness (QED) is 0.190. The lowest BCUT2D eigenvalue weighted by Crippen LogP contribution is -2.24. The summed E-state index contributed by atoms with van der Waals surface area (Å²) in [7, 11) is 0. The Morgan fingerprint density at radius 1 is 1.06 bits per heavy atom. The van der Waals surface area contributed by atoms with E-state index in [1.165, 1.54) is 23.1 Å². The second-order valence-electron chi connectivity index (χ2n) is 7.43. The van der Waals surface area contributed by atoms with E-state index in [4.69, 9.17) is 4.74 Å². The highest BCUT2D eigenvalue weighted by Gasteiger charge is 2.21. The van der Waals surface area contributed by atoms with Crippen molar-refractivity contribution < 1.29 is 14.3 Å². The van der Waals surface area contributed by atoms with E-state index in [9.17, 15) is 9.59 Å². The number of ether oxygens (including phenoxy) is 1. The van der Waals surface area contributed by atoms with Crippen molar-refractivity contribution in [1.82, 2.24) is 15.0 Å². The van der Waals surface area contributed by atoms with Gasteiger partial charge in [-0.3, -0.25) is 4.79 Å². The van der Waals surface area contributed by atoms with Crippen LogP contribution in [0.15, 0.2) is 59.6 Å². The van der Waals surface area contributed by atoms with E-state index < -0.39 is 0 Å². The standard InChI is InChI=1S/C25H24N4O3S2/c1-4-20(33-22-14-19(26-15(3)27-22)16-9-7-6-8-10-16)23(30)29-25-28-18-12-11-17(13-21(18)34-25)24(31)32-5-2/h6-14,20H,4-5H2,1-3H3,(H,28,29,30). The number of thioether (sulfide) groups is 1. The van der Waals surface area contributed by atoms with Crippen LogP contribution in [-0.2, 0) is 9.53 Å². The number of thiazole rings is 1. The maximum absolute atomic E-state index is 13.0. The van der Waals surface area contributed by atoms with Crippen molar-refractivity contribution in [2.75, 3.05) is 11.9 Å². The Kier molecular flexibility index (Phi) is 7.54. The molecule has 0 fully saturated rings. The first-order valence-electron chi connectivity index (χ1n) is 10.9. The van der Waals surface area contributed by atoms with E-state index in [2.05, 4.69) is 20.3 Å². The Labute approximate surface area is 206 Å². The molecule has 0 aliphatic carbocycles. The summed E-state index contributed by atoms with van der Waals surface area (Å²) < 4.78 is 5.86. The van der Waals surface area contributed by atoms with E-state index in [1.54, 1.807) is 25.1 Å². The van der Waals surface area contributed by atoms with Gasteiger partial charge in [-0.15, -0.1) is 0 Å². The minimum Gasteiger partial charge on any atom is -0.462 e. The lowest BCUT2D eigenvalue weighted by molar-refractivity contribution is -0.115. The number of aromatic nitrogens is 3. The number of nitrogens with one attached hydrogen (secondary N) is 1. The molecule has 0 spiro atoms. The summed E-state index contributed by atoms with van der Waals surface area (Å²) >= 11 is 2.74. The maximum atomic E-state index is 13.0. The third kappa shape index (κ3) is 5.60. The third-order valence-corrected chi connectivity index (χ3v) is 7.16. The van der Waals surface area contributed by atoms with Crippen molar-refractivity contribution >= 4 is 50.3 Å². The highest BCUT2D eigenvalue weighted by molar-refractivity contribution is 8.00. The first-order chi connectivity index (χ1) is 16.5. The van der Waals surface area contributed by atoms with Crippen LogP contribution < -0.4 is 5.32 Å². The number of esters is 1. The summed E-state index contributed by atoms with van der Waals surface area (Å²) in [6, 6.07) is 17.0. The summed E-state index contributed by atoms with van der Waals surface area (Å²) in [6.07, 6.45) is 0.623. The normalized spacial score (nSPS) is 11.9. The van der Waals surface area contributed by atoms with Gasteiger partial charge in [0, 0.05) is 5.56 Å². The number of fused-ring (bicyclic) bond motifs is 1. The molecule has 2 aromatic carbocycles. The van der Waals surface area contributed by atoms with Crippen LogP contribution in [0, 0.1) is 6.92 Å². The van der Waals surface area contributed by atoms with E-state index in [0.717, 1.165) is 21.0 Å². The molecule has 1 amide bonds. The topological polar surface area (TPSA) is 94.1 Å². The largest absolute Gasteiger partial charge is 0.462 e. The lowest BCUT2D eigenvalue weighted by Gasteiger charge is -2.14. The van der Waals surface area contributed by atoms with Gasteiger partial charge in [0.25, 0.3) is 0 Å². The van der Waals surface area contributed by atoms with Crippen LogP contribution in [-0.4, -0.2) is 38.7 Å². The Balaban J connectivity index is 1.49. The molecular weight excluding hydrogens is 468 g/mol. The Morgan fingerprint density at radius 3 is 2.59 bits per heavy atom. The van der Waals surface area contributed by atoms with Gasteiger partial charge in [0.1, 0.15) is 10.9 Å². The number of nitrogens with zero attached hydrogens (tertiary/aromatic N) is 3. The first kappa shape index (κ1) is 23.8. The summed E-state index contributed by atoms with van der Waals surface area (Å²) in [5.74, 6) is 0.137. The molecule has 7 nitrogen and oxygen atoms in total. The summed E-state index contributed by atoms with van der Waals surface area (Å²) in [4.78, 5) is 38.6. The van der Waals surface area contributed by atoms with Gasteiger partial charge in [0.15, 0.2) is 5.13 Å². The highest BCUT2D eigenvalue weighted by Crippen LogP contribution is 2.31. The van der Waals surface area contributed by atoms with E-state index in [1.807, 2.05) is 50.2 Å². The molecule has 4 rings (SSSR count). The fourth-order valence-electron chi connectivity index (χ4n) is 3.33. The Hall–Kier alpha value is -3.30. The van der Waals surface area contributed by atoms with Crippen molar-refractivity contribution in [3.8, 4) is 11.3 Å². The maximum Gasteiger partial charge on any atom is 0.338 e. The van der Waals surface area contributed by atoms with E-state index in [0.29, 0.717) is 35.1 Å². The fraction of sp³-hybridized carbons (Fsp3) is 0.240. The van der Waals surface area contributed by atoms with Crippen LogP contribution in [0.2, 0.25) is 0 Å². The van der Waals surface area contributed by atoms with Gasteiger partial charge in [0.2, 0.25) is 5.91 Å². The number of amides is 1. The van der Waals surface area contributed by atoms with Gasteiger partial charge in [-0.05, 0) is 44.5 Å². The Bertz CT molecular complexity index is 1320. The van der Waals surface area contributed by atoms with Crippen molar-refractivity contribution in [3.05, 3.63) is 66.0 Å². The molecule has 0 aliphatic rings. The molecule has 0 bridgehead atoms. The number of carbonyl (C=O) groups excluding carboxylic acids is 2. The smallest absolute Gasteiger partial charge is 0.338 e. The molecule has 1 unspecified atom stereocenters. The van der Waals surface area contributed by atoms with Crippen molar-refractivity contribution in [3.63, 3.8) is 0 Å². The lowest BCUT2D eigenvalue weighted by atomic mass is 10.1. The molecule has 174 valence electrons. The van der Waals surface area contributed by atoms with Gasteiger partial charge >= 0.3 is 5.97 Å². The predicted octanol–water partition coefficient (Wildman–Crippen LogP) is 5.75. The number of hydrogen-bond donors (Lipinski definition) is 1. The molecule has 0 saturated carbocycles. The summed E-state index contributed by atoms with van der Waals surface area (Å²) in [6.45, 7) is 5.90. The number of anilines is 1. The van der Waals surface area contributed by atoms with Gasteiger partial charge in [-0.1, -0.05) is 60.4 Å². The Morgan fingerprint density at radius 2 is 1.85 bits per heavy atom. The molecule has 9 heteroatoms. The molecule has 2 heterocycles. The zero-order valence-electron chi connectivity index (χ0n) is 19.1. The zero-order valence-corrected chi connectivity index (χ0v) is 20.7. The molecule has 4 aromatic rings. The average molecular weight is 493 g/mol. The van der Waals surface area contributed by atoms with Crippen LogP contribution in [0.3, 0.4) is 0 Å². The summed E-state index contributed by atoms with van der Waals surface area (Å²) in [5, 5.41) is 3.81. The number of rotatable bonds is 8. The molecule has 1 atom stereocenters. The molecule has 2 aromatic heterocycles. The minimum absolute atomic E-state index is 0.144. The molecule has 0 saturated heterocycles. The minimum atomic E-state index is -0.374. The molecule has 0 radical (unpaired) electrons.